The SMILES string of the molecule is Cc1cc(C)c(C(=O)N2CCN(c3ncccc3S(N)(=O)=O)[C@H](C)C2)cc1NC1CCN(c2cc#ccc2C#N)CC1. The van der Waals surface area contributed by atoms with Gasteiger partial charge in [0.05, 0.1) is 11.3 Å². The van der Waals surface area contributed by atoms with Crippen LogP contribution in [0.25, 0.3) is 0 Å². The number of carbonyl (C=O) groups is 1. The van der Waals surface area contributed by atoms with Gasteiger partial charge in [0.15, 0.2) is 0 Å². The van der Waals surface area contributed by atoms with E-state index in [9.17, 15) is 18.5 Å². The standard InChI is InChI=1S/C31H35N7O3S/c1-21-17-22(2)27(35-25-10-13-36(14-11-25)28-8-5-4-7-24(28)19-32)18-26(21)31(39)37-15-16-38(23(3)20-37)30-29(42(33,40)41)9-6-12-34-30/h6-9,12,17-18,23,25,35H,10-11,13-16,20H2,1-3H3,(H2,33,40,41)/t23-/m1/s1. The predicted octanol–water partition coefficient (Wildman–Crippen LogP) is 3.25. The fraction of sp³-hybridized carbons (Fsp3) is 0.387. The van der Waals surface area contributed by atoms with Gasteiger partial charge in [-0.3, -0.25) is 4.79 Å². The van der Waals surface area contributed by atoms with Gasteiger partial charge < -0.3 is 20.0 Å². The molecule has 1 atom stereocenters. The monoisotopic (exact) mass is 585 g/mol. The molecule has 218 valence electrons. The number of hydrogen-bond donors (Lipinski definition) is 2. The number of piperazine rings is 1. The fourth-order valence-corrected chi connectivity index (χ4v) is 6.59. The quantitative estimate of drug-likeness (QED) is 0.450. The van der Waals surface area contributed by atoms with Gasteiger partial charge in [-0.25, -0.2) is 18.5 Å². The van der Waals surface area contributed by atoms with Crippen LogP contribution in [0.3, 0.4) is 0 Å². The first-order valence-electron chi connectivity index (χ1n) is 14.0. The van der Waals surface area contributed by atoms with Crippen LogP contribution in [0.2, 0.25) is 0 Å². The molecule has 2 aliphatic rings. The van der Waals surface area contributed by atoms with Crippen molar-refractivity contribution < 1.29 is 13.2 Å². The largest absolute Gasteiger partial charge is 0.382 e. The highest BCUT2D eigenvalue weighted by Crippen LogP contribution is 2.29. The summed E-state index contributed by atoms with van der Waals surface area (Å²) in [6.07, 6.45) is 3.34. The van der Waals surface area contributed by atoms with Crippen LogP contribution in [0, 0.1) is 37.3 Å². The van der Waals surface area contributed by atoms with Crippen LogP contribution < -0.4 is 20.3 Å². The first kappa shape index (κ1) is 29.2. The molecule has 2 saturated heterocycles. The molecule has 0 unspecified atom stereocenters. The first-order chi connectivity index (χ1) is 20.1. The maximum atomic E-state index is 13.8. The first-order valence-corrected chi connectivity index (χ1v) is 15.6. The van der Waals surface area contributed by atoms with Crippen molar-refractivity contribution in [2.45, 2.75) is 50.6 Å². The molecule has 2 aliphatic heterocycles. The molecule has 3 aromatic rings. The number of hydrogen-bond acceptors (Lipinski definition) is 8. The summed E-state index contributed by atoms with van der Waals surface area (Å²) in [6.45, 7) is 8.87. The van der Waals surface area contributed by atoms with E-state index in [4.69, 9.17) is 5.14 Å². The van der Waals surface area contributed by atoms with Crippen molar-refractivity contribution in [2.24, 2.45) is 5.14 Å². The number of anilines is 3. The van der Waals surface area contributed by atoms with E-state index in [2.05, 4.69) is 33.4 Å². The second-order valence-electron chi connectivity index (χ2n) is 11.0. The van der Waals surface area contributed by atoms with E-state index in [1.807, 2.05) is 48.8 Å². The van der Waals surface area contributed by atoms with Gasteiger partial charge in [-0.1, -0.05) is 18.2 Å². The molecule has 42 heavy (non-hydrogen) atoms. The van der Waals surface area contributed by atoms with E-state index >= 15 is 0 Å². The molecule has 0 radical (unpaired) electrons. The highest BCUT2D eigenvalue weighted by Gasteiger charge is 2.32. The molecule has 3 heterocycles. The number of nitrogens with two attached hydrogens (primary N) is 1. The minimum Gasteiger partial charge on any atom is -0.382 e. The van der Waals surface area contributed by atoms with E-state index in [1.54, 1.807) is 18.3 Å². The van der Waals surface area contributed by atoms with Crippen molar-refractivity contribution in [3.8, 4) is 6.07 Å². The van der Waals surface area contributed by atoms with Crippen molar-refractivity contribution in [1.82, 2.24) is 9.88 Å². The molecule has 0 spiro atoms. The lowest BCUT2D eigenvalue weighted by Crippen LogP contribution is -2.54. The Balaban J connectivity index is 1.26. The number of sulfonamides is 1. The van der Waals surface area contributed by atoms with E-state index in [1.165, 1.54) is 6.07 Å². The van der Waals surface area contributed by atoms with Crippen molar-refractivity contribution in [2.75, 3.05) is 47.8 Å². The van der Waals surface area contributed by atoms with E-state index < -0.39 is 10.0 Å². The number of pyridine rings is 1. The summed E-state index contributed by atoms with van der Waals surface area (Å²) in [5.41, 5.74) is 5.09. The summed E-state index contributed by atoms with van der Waals surface area (Å²) in [5.74, 6) is 0.266. The average molecular weight is 586 g/mol. The number of nitrogens with zero attached hydrogens (tertiary/aromatic N) is 5. The second kappa shape index (κ2) is 11.9. The zero-order valence-electron chi connectivity index (χ0n) is 24.1. The molecule has 11 heteroatoms. The Morgan fingerprint density at radius 3 is 2.55 bits per heavy atom. The molecular weight excluding hydrogens is 550 g/mol. The number of rotatable bonds is 6. The Labute approximate surface area is 247 Å². The maximum absolute atomic E-state index is 13.8. The van der Waals surface area contributed by atoms with Gasteiger partial charge in [0, 0.05) is 74.4 Å². The normalized spacial score (nSPS) is 17.9. The van der Waals surface area contributed by atoms with Crippen molar-refractivity contribution in [3.05, 3.63) is 77.0 Å². The Hall–Kier alpha value is -4.32. The molecule has 0 aliphatic carbocycles. The van der Waals surface area contributed by atoms with Crippen LogP contribution in [-0.2, 0) is 10.0 Å². The average Bonchev–Trinajstić information content (AvgIpc) is 2.98. The van der Waals surface area contributed by atoms with Crippen LogP contribution in [-0.4, -0.2) is 69.0 Å². The molecule has 5 rings (SSSR count). The number of aryl methyl sites for hydroxylation is 2. The molecule has 1 aromatic heterocycles. The summed E-state index contributed by atoms with van der Waals surface area (Å²) >= 11 is 0. The van der Waals surface area contributed by atoms with Gasteiger partial charge in [-0.05, 0) is 62.9 Å². The van der Waals surface area contributed by atoms with Gasteiger partial charge in [-0.2, -0.15) is 5.26 Å². The molecule has 10 nitrogen and oxygen atoms in total. The topological polar surface area (TPSA) is 136 Å². The number of nitriles is 1. The lowest BCUT2D eigenvalue weighted by Gasteiger charge is -2.41. The fourth-order valence-electron chi connectivity index (χ4n) is 5.90. The third-order valence-electron chi connectivity index (χ3n) is 8.15. The molecule has 0 saturated carbocycles. The molecule has 2 aromatic carbocycles. The van der Waals surface area contributed by atoms with Crippen LogP contribution >= 0.6 is 0 Å². The summed E-state index contributed by atoms with van der Waals surface area (Å²) in [6, 6.07) is 18.7. The van der Waals surface area contributed by atoms with Crippen molar-refractivity contribution in [3.63, 3.8) is 0 Å². The number of piperidine rings is 1. The van der Waals surface area contributed by atoms with Crippen LogP contribution in [0.4, 0.5) is 17.2 Å². The lowest BCUT2D eigenvalue weighted by atomic mass is 9.99. The minimum atomic E-state index is -3.94. The highest BCUT2D eigenvalue weighted by molar-refractivity contribution is 7.89. The molecule has 1 amide bonds. The minimum absolute atomic E-state index is 0.0151. The number of nitrogens with one attached hydrogen (secondary N) is 1. The number of benzene rings is 1. The maximum Gasteiger partial charge on any atom is 0.254 e. The number of aromatic nitrogens is 1. The van der Waals surface area contributed by atoms with Crippen LogP contribution in [0.1, 0.15) is 46.8 Å². The molecular formula is C31H35N7O3S. The van der Waals surface area contributed by atoms with E-state index in [0.717, 1.165) is 48.4 Å². The second-order valence-corrected chi connectivity index (χ2v) is 12.6. The number of primary sulfonamides is 1. The van der Waals surface area contributed by atoms with Crippen LogP contribution in [0.15, 0.2) is 47.5 Å². The third kappa shape index (κ3) is 5.98. The van der Waals surface area contributed by atoms with Crippen molar-refractivity contribution in [1.29, 1.82) is 5.26 Å². The van der Waals surface area contributed by atoms with Gasteiger partial charge in [-0.15, -0.1) is 0 Å². The van der Waals surface area contributed by atoms with Gasteiger partial charge >= 0.3 is 0 Å². The third-order valence-corrected chi connectivity index (χ3v) is 9.08. The Morgan fingerprint density at radius 2 is 1.86 bits per heavy atom. The summed E-state index contributed by atoms with van der Waals surface area (Å²) < 4.78 is 24.3. The molecule has 0 bridgehead atoms. The smallest absolute Gasteiger partial charge is 0.254 e. The van der Waals surface area contributed by atoms with Gasteiger partial charge in [0.2, 0.25) is 10.0 Å². The number of carbonyl (C=O) groups excluding carboxylic acids is 1. The summed E-state index contributed by atoms with van der Waals surface area (Å²) in [7, 11) is -3.94. The summed E-state index contributed by atoms with van der Waals surface area (Å²) in [5, 5.41) is 18.6. The Bertz CT molecular complexity index is 1630. The van der Waals surface area contributed by atoms with E-state index in [0.29, 0.717) is 36.6 Å². The van der Waals surface area contributed by atoms with Gasteiger partial charge in [0.1, 0.15) is 16.8 Å². The lowest BCUT2D eigenvalue weighted by molar-refractivity contribution is 0.0725. The summed E-state index contributed by atoms with van der Waals surface area (Å²) in [4.78, 5) is 24.0. The highest BCUT2D eigenvalue weighted by atomic mass is 32.2. The van der Waals surface area contributed by atoms with Crippen molar-refractivity contribution >= 4 is 33.1 Å². The zero-order valence-corrected chi connectivity index (χ0v) is 24.9. The molecule has 3 N–H and O–H groups in total. The van der Waals surface area contributed by atoms with E-state index in [-0.39, 0.29) is 22.9 Å². The predicted molar refractivity (Wildman–Crippen MR) is 162 cm³/mol. The van der Waals surface area contributed by atoms with Crippen LogP contribution in [0.5, 0.6) is 0 Å². The van der Waals surface area contributed by atoms with Gasteiger partial charge in [0.25, 0.3) is 5.91 Å². The number of amides is 1. The Kier molecular flexibility index (Phi) is 8.26. The Morgan fingerprint density at radius 1 is 1.12 bits per heavy atom. The molecule has 2 fully saturated rings. The zero-order chi connectivity index (χ0) is 30.0.